The molecule has 80 valence electrons. The third kappa shape index (κ3) is 6.13. The summed E-state index contributed by atoms with van der Waals surface area (Å²) in [5, 5.41) is 8.30. The van der Waals surface area contributed by atoms with Crippen molar-refractivity contribution in [2.45, 2.75) is 31.7 Å². The Morgan fingerprint density at radius 3 is 2.14 bits per heavy atom. The first kappa shape index (κ1) is 12.6. The summed E-state index contributed by atoms with van der Waals surface area (Å²) in [5.41, 5.74) is 10.3. The predicted molar refractivity (Wildman–Crippen MR) is 48.3 cm³/mol. The topological polar surface area (TPSA) is 123 Å². The average Bonchev–Trinajstić information content (AvgIpc) is 2.09. The van der Waals surface area contributed by atoms with E-state index in [1.165, 1.54) is 0 Å². The molecule has 0 aliphatic heterocycles. The van der Waals surface area contributed by atoms with Gasteiger partial charge in [0.1, 0.15) is 5.78 Å². The summed E-state index contributed by atoms with van der Waals surface area (Å²) in [5.74, 6) is -1.92. The van der Waals surface area contributed by atoms with E-state index >= 15 is 0 Å². The third-order valence-electron chi connectivity index (χ3n) is 1.70. The summed E-state index contributed by atoms with van der Waals surface area (Å²) in [6.45, 7) is 0. The van der Waals surface area contributed by atoms with E-state index in [-0.39, 0.29) is 31.5 Å². The highest BCUT2D eigenvalue weighted by molar-refractivity contribution is 5.87. The van der Waals surface area contributed by atoms with Crippen LogP contribution in [0.2, 0.25) is 0 Å². The molecule has 1 atom stereocenters. The van der Waals surface area contributed by atoms with Gasteiger partial charge in [0.2, 0.25) is 5.91 Å². The lowest BCUT2D eigenvalue weighted by Crippen LogP contribution is -2.32. The number of Topliss-reactive ketones (excluding diaryl/α,β-unsaturated/α-hetero) is 1. The molecule has 0 saturated carbocycles. The fourth-order valence-electron chi connectivity index (χ4n) is 0.874. The molecule has 5 N–H and O–H groups in total. The van der Waals surface area contributed by atoms with Gasteiger partial charge in [0.05, 0.1) is 12.5 Å². The molecule has 0 aromatic heterocycles. The van der Waals surface area contributed by atoms with Crippen molar-refractivity contribution in [2.75, 3.05) is 0 Å². The third-order valence-corrected chi connectivity index (χ3v) is 1.70. The first-order valence-electron chi connectivity index (χ1n) is 4.22. The fraction of sp³-hybridized carbons (Fsp3) is 0.625. The van der Waals surface area contributed by atoms with Gasteiger partial charge < -0.3 is 16.6 Å². The van der Waals surface area contributed by atoms with Crippen molar-refractivity contribution >= 4 is 17.7 Å². The molecule has 0 radical (unpaired) electrons. The molecule has 0 rings (SSSR count). The number of carbonyl (C=O) groups is 3. The minimum Gasteiger partial charge on any atom is -0.481 e. The van der Waals surface area contributed by atoms with Crippen LogP contribution in [0.15, 0.2) is 0 Å². The van der Waals surface area contributed by atoms with E-state index in [0.717, 1.165) is 0 Å². The van der Waals surface area contributed by atoms with Crippen molar-refractivity contribution in [3.63, 3.8) is 0 Å². The zero-order valence-electron chi connectivity index (χ0n) is 7.73. The Bertz CT molecular complexity index is 239. The number of rotatable bonds is 7. The van der Waals surface area contributed by atoms with E-state index in [2.05, 4.69) is 0 Å². The number of amides is 1. The number of carbonyl (C=O) groups excluding carboxylic acids is 2. The van der Waals surface area contributed by atoms with Crippen LogP contribution >= 0.6 is 0 Å². The second kappa shape index (κ2) is 6.09. The first-order valence-corrected chi connectivity index (χ1v) is 4.22. The molecular weight excluding hydrogens is 188 g/mol. The van der Waals surface area contributed by atoms with E-state index in [9.17, 15) is 14.4 Å². The maximum atomic E-state index is 11.1. The normalized spacial score (nSPS) is 12.1. The van der Waals surface area contributed by atoms with Crippen LogP contribution in [0.1, 0.15) is 25.7 Å². The molecule has 0 saturated heterocycles. The molecule has 0 aromatic rings. The summed E-state index contributed by atoms with van der Waals surface area (Å²) in [6, 6.07) is -0.790. The second-order valence-electron chi connectivity index (χ2n) is 2.97. The molecule has 0 fully saturated rings. The van der Waals surface area contributed by atoms with E-state index in [4.69, 9.17) is 16.6 Å². The van der Waals surface area contributed by atoms with Crippen molar-refractivity contribution < 1.29 is 19.5 Å². The van der Waals surface area contributed by atoms with Crippen LogP contribution < -0.4 is 11.5 Å². The number of nitrogens with two attached hydrogens (primary N) is 2. The smallest absolute Gasteiger partial charge is 0.303 e. The van der Waals surface area contributed by atoms with Gasteiger partial charge in [0.25, 0.3) is 0 Å². The van der Waals surface area contributed by atoms with E-state index in [0.29, 0.717) is 0 Å². The summed E-state index contributed by atoms with van der Waals surface area (Å²) in [7, 11) is 0. The lowest BCUT2D eigenvalue weighted by atomic mass is 10.0. The zero-order chi connectivity index (χ0) is 11.1. The van der Waals surface area contributed by atoms with Crippen LogP contribution in [-0.4, -0.2) is 28.8 Å². The Morgan fingerprint density at radius 1 is 1.14 bits per heavy atom. The van der Waals surface area contributed by atoms with Crippen molar-refractivity contribution in [3.8, 4) is 0 Å². The maximum absolute atomic E-state index is 11.1. The number of primary amides is 1. The number of carboxylic acids is 1. The van der Waals surface area contributed by atoms with Gasteiger partial charge in [-0.2, -0.15) is 0 Å². The summed E-state index contributed by atoms with van der Waals surface area (Å²) in [4.78, 5) is 31.6. The van der Waals surface area contributed by atoms with Crippen molar-refractivity contribution in [3.05, 3.63) is 0 Å². The molecule has 1 unspecified atom stereocenters. The number of hydrogen-bond acceptors (Lipinski definition) is 4. The van der Waals surface area contributed by atoms with Crippen LogP contribution in [-0.2, 0) is 14.4 Å². The molecular formula is C8H14N2O4. The first-order chi connectivity index (χ1) is 6.43. The van der Waals surface area contributed by atoms with Crippen LogP contribution in [0.25, 0.3) is 0 Å². The molecule has 1 amide bonds. The molecule has 6 nitrogen and oxygen atoms in total. The molecule has 14 heavy (non-hydrogen) atoms. The van der Waals surface area contributed by atoms with Gasteiger partial charge in [-0.1, -0.05) is 0 Å². The van der Waals surface area contributed by atoms with Gasteiger partial charge in [0, 0.05) is 12.8 Å². The van der Waals surface area contributed by atoms with Crippen molar-refractivity contribution in [1.82, 2.24) is 0 Å². The van der Waals surface area contributed by atoms with Gasteiger partial charge >= 0.3 is 5.97 Å². The van der Waals surface area contributed by atoms with Crippen LogP contribution in [0.5, 0.6) is 0 Å². The summed E-state index contributed by atoms with van der Waals surface area (Å²) >= 11 is 0. The largest absolute Gasteiger partial charge is 0.481 e. The highest BCUT2D eigenvalue weighted by Gasteiger charge is 2.15. The Balaban J connectivity index is 3.76. The minimum absolute atomic E-state index is 0.0416. The summed E-state index contributed by atoms with van der Waals surface area (Å²) < 4.78 is 0. The number of carboxylic acid groups (broad SMARTS) is 1. The predicted octanol–water partition coefficient (Wildman–Crippen LogP) is -0.987. The quantitative estimate of drug-likeness (QED) is 0.489. The molecule has 0 heterocycles. The Kier molecular flexibility index (Phi) is 5.47. The highest BCUT2D eigenvalue weighted by atomic mass is 16.4. The Morgan fingerprint density at radius 2 is 1.71 bits per heavy atom. The van der Waals surface area contributed by atoms with Gasteiger partial charge in [-0.15, -0.1) is 0 Å². The van der Waals surface area contributed by atoms with Crippen LogP contribution in [0.4, 0.5) is 0 Å². The minimum atomic E-state index is -1.04. The summed E-state index contributed by atoms with van der Waals surface area (Å²) in [6.07, 6.45) is -0.119. The number of hydrogen-bond donors (Lipinski definition) is 3. The van der Waals surface area contributed by atoms with Crippen molar-refractivity contribution in [1.29, 1.82) is 0 Å². The molecule has 0 aliphatic rings. The Hall–Kier alpha value is -1.43. The van der Waals surface area contributed by atoms with Gasteiger partial charge in [0.15, 0.2) is 0 Å². The standard InChI is InChI=1S/C8H14N2O4/c9-5(1-3-7(10)12)6(11)2-4-8(13)14/h5H,1-4,9H2,(H2,10,12)(H,13,14). The van der Waals surface area contributed by atoms with E-state index in [1.807, 2.05) is 0 Å². The lowest BCUT2D eigenvalue weighted by molar-refractivity contribution is -0.138. The molecule has 0 spiro atoms. The second-order valence-corrected chi connectivity index (χ2v) is 2.97. The zero-order valence-corrected chi connectivity index (χ0v) is 7.73. The molecule has 6 heteroatoms. The fourth-order valence-corrected chi connectivity index (χ4v) is 0.874. The van der Waals surface area contributed by atoms with E-state index < -0.39 is 17.9 Å². The molecule has 0 aromatic carbocycles. The number of ketones is 1. The maximum Gasteiger partial charge on any atom is 0.303 e. The molecule has 0 aliphatic carbocycles. The number of aliphatic carboxylic acids is 1. The SMILES string of the molecule is NC(=O)CCC(N)C(=O)CCC(=O)O. The van der Waals surface area contributed by atoms with Gasteiger partial charge in [-0.05, 0) is 6.42 Å². The van der Waals surface area contributed by atoms with Crippen LogP contribution in [0.3, 0.4) is 0 Å². The van der Waals surface area contributed by atoms with Crippen LogP contribution in [0, 0.1) is 0 Å². The van der Waals surface area contributed by atoms with Crippen molar-refractivity contribution in [2.24, 2.45) is 11.5 Å². The highest BCUT2D eigenvalue weighted by Crippen LogP contribution is 2.00. The Labute approximate surface area is 81.3 Å². The lowest BCUT2D eigenvalue weighted by Gasteiger charge is -2.07. The molecule has 0 bridgehead atoms. The monoisotopic (exact) mass is 202 g/mol. The average molecular weight is 202 g/mol. The van der Waals surface area contributed by atoms with Gasteiger partial charge in [-0.25, -0.2) is 0 Å². The van der Waals surface area contributed by atoms with E-state index in [1.54, 1.807) is 0 Å². The van der Waals surface area contributed by atoms with Gasteiger partial charge in [-0.3, -0.25) is 14.4 Å².